The van der Waals surface area contributed by atoms with Gasteiger partial charge in [0.2, 0.25) is 0 Å². The summed E-state index contributed by atoms with van der Waals surface area (Å²) >= 11 is 2.21. The highest BCUT2D eigenvalue weighted by molar-refractivity contribution is 14.1. The summed E-state index contributed by atoms with van der Waals surface area (Å²) in [5, 5.41) is 4.07. The first-order chi connectivity index (χ1) is 14.5. The number of rotatable bonds is 8. The van der Waals surface area contributed by atoms with E-state index in [1.54, 1.807) is 13.3 Å². The third-order valence-corrected chi connectivity index (χ3v) is 5.39. The van der Waals surface area contributed by atoms with Crippen molar-refractivity contribution in [3.63, 3.8) is 0 Å². The van der Waals surface area contributed by atoms with Gasteiger partial charge in [0.15, 0.2) is 11.5 Å². The fraction of sp³-hybridized carbons (Fsp3) is 0.364. The number of amides is 1. The van der Waals surface area contributed by atoms with Gasteiger partial charge in [0, 0.05) is 13.1 Å². The van der Waals surface area contributed by atoms with Crippen LogP contribution in [-0.4, -0.2) is 57.0 Å². The van der Waals surface area contributed by atoms with Crippen molar-refractivity contribution in [1.29, 1.82) is 0 Å². The SMILES string of the molecule is COc1cc(/C=N/NC(=O)CN2CCOCC2)cc(I)c1OCc1cccc(C)c1. The van der Waals surface area contributed by atoms with Gasteiger partial charge in [-0.3, -0.25) is 9.69 Å². The Bertz CT molecular complexity index is 898. The monoisotopic (exact) mass is 523 g/mol. The standard InChI is InChI=1S/C22H26IN3O4/c1-16-4-3-5-17(10-16)15-30-22-19(23)11-18(12-20(22)28-2)13-24-25-21(27)14-26-6-8-29-9-7-26/h3-5,10-13H,6-9,14-15H2,1-2H3,(H,25,27)/b24-13+. The molecule has 2 aromatic carbocycles. The topological polar surface area (TPSA) is 72.4 Å². The van der Waals surface area contributed by atoms with E-state index in [0.717, 1.165) is 27.8 Å². The molecule has 1 aliphatic rings. The molecule has 1 N–H and O–H groups in total. The quantitative estimate of drug-likeness (QED) is 0.328. The smallest absolute Gasteiger partial charge is 0.254 e. The van der Waals surface area contributed by atoms with Crippen molar-refractivity contribution in [2.24, 2.45) is 5.10 Å². The molecule has 0 saturated carbocycles. The van der Waals surface area contributed by atoms with Gasteiger partial charge >= 0.3 is 0 Å². The number of carbonyl (C=O) groups is 1. The maximum atomic E-state index is 12.0. The van der Waals surface area contributed by atoms with E-state index >= 15 is 0 Å². The molecular formula is C22H26IN3O4. The van der Waals surface area contributed by atoms with Crippen molar-refractivity contribution in [1.82, 2.24) is 10.3 Å². The summed E-state index contributed by atoms with van der Waals surface area (Å²) in [7, 11) is 1.61. The molecule has 1 fully saturated rings. The van der Waals surface area contributed by atoms with Gasteiger partial charge in [-0.2, -0.15) is 5.10 Å². The van der Waals surface area contributed by atoms with Crippen LogP contribution >= 0.6 is 22.6 Å². The van der Waals surface area contributed by atoms with Crippen LogP contribution in [0.25, 0.3) is 0 Å². The zero-order valence-electron chi connectivity index (χ0n) is 17.2. The van der Waals surface area contributed by atoms with Gasteiger partial charge < -0.3 is 14.2 Å². The first kappa shape index (κ1) is 22.5. The van der Waals surface area contributed by atoms with Crippen molar-refractivity contribution in [2.45, 2.75) is 13.5 Å². The second-order valence-corrected chi connectivity index (χ2v) is 8.16. The van der Waals surface area contributed by atoms with Gasteiger partial charge in [0.25, 0.3) is 5.91 Å². The number of benzene rings is 2. The number of nitrogens with one attached hydrogen (secondary N) is 1. The van der Waals surface area contributed by atoms with Crippen molar-refractivity contribution >= 4 is 34.7 Å². The summed E-state index contributed by atoms with van der Waals surface area (Å²) in [6, 6.07) is 12.0. The van der Waals surface area contributed by atoms with Gasteiger partial charge in [0.05, 0.1) is 36.7 Å². The Hall–Kier alpha value is -2.17. The van der Waals surface area contributed by atoms with E-state index in [-0.39, 0.29) is 5.91 Å². The van der Waals surface area contributed by atoms with Gasteiger partial charge in [-0.15, -0.1) is 0 Å². The number of hydrazone groups is 1. The summed E-state index contributed by atoms with van der Waals surface area (Å²) in [5.74, 6) is 1.16. The van der Waals surface area contributed by atoms with Crippen LogP contribution in [0.4, 0.5) is 0 Å². The number of morpholine rings is 1. The molecule has 0 aromatic heterocycles. The molecule has 0 unspecified atom stereocenters. The summed E-state index contributed by atoms with van der Waals surface area (Å²) in [5.41, 5.74) is 5.68. The Morgan fingerprint density at radius 2 is 2.10 bits per heavy atom. The summed E-state index contributed by atoms with van der Waals surface area (Å²) < 4.78 is 17.7. The molecule has 160 valence electrons. The maximum Gasteiger partial charge on any atom is 0.254 e. The molecule has 1 amide bonds. The van der Waals surface area contributed by atoms with E-state index < -0.39 is 0 Å². The average molecular weight is 523 g/mol. The molecule has 30 heavy (non-hydrogen) atoms. The molecule has 0 atom stereocenters. The highest BCUT2D eigenvalue weighted by Gasteiger charge is 2.14. The van der Waals surface area contributed by atoms with Crippen LogP contribution in [0.2, 0.25) is 0 Å². The normalized spacial score (nSPS) is 14.6. The summed E-state index contributed by atoms with van der Waals surface area (Å²) in [6.07, 6.45) is 1.60. The molecule has 2 aromatic rings. The Morgan fingerprint density at radius 1 is 1.30 bits per heavy atom. The molecule has 0 aliphatic carbocycles. The number of halogens is 1. The van der Waals surface area contributed by atoms with Crippen LogP contribution in [-0.2, 0) is 16.1 Å². The highest BCUT2D eigenvalue weighted by Crippen LogP contribution is 2.34. The van der Waals surface area contributed by atoms with Gasteiger partial charge in [-0.1, -0.05) is 29.8 Å². The van der Waals surface area contributed by atoms with Crippen molar-refractivity contribution in [3.05, 3.63) is 56.7 Å². The van der Waals surface area contributed by atoms with Crippen LogP contribution in [0, 0.1) is 10.5 Å². The van der Waals surface area contributed by atoms with Crippen LogP contribution in [0.5, 0.6) is 11.5 Å². The molecule has 8 heteroatoms. The number of ether oxygens (including phenoxy) is 3. The van der Waals surface area contributed by atoms with E-state index in [2.05, 4.69) is 52.2 Å². The fourth-order valence-electron chi connectivity index (χ4n) is 3.09. The highest BCUT2D eigenvalue weighted by atomic mass is 127. The largest absolute Gasteiger partial charge is 0.493 e. The third kappa shape index (κ3) is 6.68. The summed E-state index contributed by atoms with van der Waals surface area (Å²) in [6.45, 7) is 5.67. The molecule has 1 aliphatic heterocycles. The zero-order valence-corrected chi connectivity index (χ0v) is 19.3. The number of hydrogen-bond donors (Lipinski definition) is 1. The Kier molecular flexibility index (Phi) is 8.47. The Morgan fingerprint density at radius 3 is 2.83 bits per heavy atom. The second kappa shape index (κ2) is 11.3. The predicted molar refractivity (Wildman–Crippen MR) is 124 cm³/mol. The first-order valence-electron chi connectivity index (χ1n) is 9.73. The van der Waals surface area contributed by atoms with Crippen molar-refractivity contribution < 1.29 is 19.0 Å². The minimum atomic E-state index is -0.145. The third-order valence-electron chi connectivity index (χ3n) is 4.59. The van der Waals surface area contributed by atoms with Gasteiger partial charge in [-0.25, -0.2) is 5.43 Å². The van der Waals surface area contributed by atoms with Crippen LogP contribution in [0.1, 0.15) is 16.7 Å². The lowest BCUT2D eigenvalue weighted by molar-refractivity contribution is -0.123. The van der Waals surface area contributed by atoms with Crippen LogP contribution in [0.15, 0.2) is 41.5 Å². The zero-order chi connectivity index (χ0) is 21.3. The fourth-order valence-corrected chi connectivity index (χ4v) is 3.87. The van der Waals surface area contributed by atoms with E-state index in [9.17, 15) is 4.79 Å². The van der Waals surface area contributed by atoms with E-state index in [1.165, 1.54) is 5.56 Å². The Balaban J connectivity index is 1.59. The van der Waals surface area contributed by atoms with Gasteiger partial charge in [0.1, 0.15) is 6.61 Å². The minimum absolute atomic E-state index is 0.145. The van der Waals surface area contributed by atoms with Crippen molar-refractivity contribution in [3.8, 4) is 11.5 Å². The Labute approximate surface area is 190 Å². The van der Waals surface area contributed by atoms with Crippen LogP contribution < -0.4 is 14.9 Å². The maximum absolute atomic E-state index is 12.0. The molecule has 1 heterocycles. The molecule has 7 nitrogen and oxygen atoms in total. The van der Waals surface area contributed by atoms with E-state index in [0.29, 0.717) is 37.9 Å². The number of methoxy groups -OCH3 is 1. The van der Waals surface area contributed by atoms with Crippen molar-refractivity contribution in [2.75, 3.05) is 40.0 Å². The molecule has 0 radical (unpaired) electrons. The molecule has 0 bridgehead atoms. The minimum Gasteiger partial charge on any atom is -0.493 e. The molecule has 0 spiro atoms. The number of nitrogens with zero attached hydrogens (tertiary/aromatic N) is 2. The summed E-state index contributed by atoms with van der Waals surface area (Å²) in [4.78, 5) is 14.1. The predicted octanol–water partition coefficient (Wildman–Crippen LogP) is 2.97. The average Bonchev–Trinajstić information content (AvgIpc) is 2.73. The number of hydrogen-bond acceptors (Lipinski definition) is 6. The van der Waals surface area contributed by atoms with E-state index in [4.69, 9.17) is 14.2 Å². The lowest BCUT2D eigenvalue weighted by atomic mass is 10.1. The van der Waals surface area contributed by atoms with Gasteiger partial charge in [-0.05, 0) is 52.8 Å². The first-order valence-corrected chi connectivity index (χ1v) is 10.8. The van der Waals surface area contributed by atoms with E-state index in [1.807, 2.05) is 29.2 Å². The second-order valence-electron chi connectivity index (χ2n) is 6.99. The molecular weight excluding hydrogens is 497 g/mol. The molecule has 1 saturated heterocycles. The van der Waals surface area contributed by atoms with Crippen LogP contribution in [0.3, 0.4) is 0 Å². The lowest BCUT2D eigenvalue weighted by Crippen LogP contribution is -2.42. The molecule has 3 rings (SSSR count). The lowest BCUT2D eigenvalue weighted by Gasteiger charge is -2.25. The number of aryl methyl sites for hydroxylation is 1. The number of carbonyl (C=O) groups excluding carboxylic acids is 1.